The van der Waals surface area contributed by atoms with Crippen LogP contribution >= 0.6 is 27.3 Å². The van der Waals surface area contributed by atoms with Crippen LogP contribution in [0, 0.1) is 19.3 Å². The number of hydrogen-bond acceptors (Lipinski definition) is 4. The van der Waals surface area contributed by atoms with Crippen molar-refractivity contribution < 1.29 is 4.74 Å². The molecule has 3 rings (SSSR count). The van der Waals surface area contributed by atoms with Gasteiger partial charge in [-0.3, -0.25) is 0 Å². The van der Waals surface area contributed by atoms with Crippen molar-refractivity contribution >= 4 is 27.3 Å². The summed E-state index contributed by atoms with van der Waals surface area (Å²) in [5.41, 5.74) is 8.53. The smallest absolute Gasteiger partial charge is 0.224 e. The molecular weight excluding hydrogens is 338 g/mol. The van der Waals surface area contributed by atoms with Gasteiger partial charge in [-0.1, -0.05) is 5.92 Å². The lowest BCUT2D eigenvalue weighted by atomic mass is 9.88. The number of rotatable bonds is 1. The Morgan fingerprint density at radius 3 is 2.90 bits per heavy atom. The number of nitrogens with two attached hydrogens (primary N) is 1. The zero-order chi connectivity index (χ0) is 14.4. The van der Waals surface area contributed by atoms with E-state index in [4.69, 9.17) is 16.9 Å². The second-order valence-corrected chi connectivity index (χ2v) is 7.02. The largest absolute Gasteiger partial charge is 0.422 e. The van der Waals surface area contributed by atoms with Gasteiger partial charge < -0.3 is 10.5 Å². The lowest BCUT2D eigenvalue weighted by molar-refractivity contribution is 0.358. The van der Waals surface area contributed by atoms with Gasteiger partial charge in [0.25, 0.3) is 0 Å². The Balaban J connectivity index is 2.27. The van der Waals surface area contributed by atoms with Crippen LogP contribution in [0.15, 0.2) is 27.4 Å². The van der Waals surface area contributed by atoms with Crippen molar-refractivity contribution in [1.29, 1.82) is 0 Å². The van der Waals surface area contributed by atoms with E-state index in [2.05, 4.69) is 26.9 Å². The molecule has 0 saturated heterocycles. The highest BCUT2D eigenvalue weighted by molar-refractivity contribution is 9.11. The van der Waals surface area contributed by atoms with Crippen LogP contribution in [0.1, 0.15) is 22.1 Å². The average Bonchev–Trinajstić information content (AvgIpc) is 2.93. The fourth-order valence-corrected chi connectivity index (χ4v) is 4.02. The number of nitrogens with zero attached hydrogens (tertiary/aromatic N) is 2. The van der Waals surface area contributed by atoms with Gasteiger partial charge >= 0.3 is 0 Å². The molecule has 0 radical (unpaired) electrons. The summed E-state index contributed by atoms with van der Waals surface area (Å²) in [6, 6.07) is 4.05. The van der Waals surface area contributed by atoms with E-state index in [1.807, 2.05) is 26.1 Å². The Bertz CT molecular complexity index is 766. The minimum absolute atomic E-state index is 0.0891. The summed E-state index contributed by atoms with van der Waals surface area (Å²) in [7, 11) is 1.83. The number of terminal acetylenes is 1. The number of fused-ring (bicyclic) bond motifs is 1. The molecule has 0 fully saturated rings. The molecule has 0 saturated carbocycles. The fourth-order valence-electron chi connectivity index (χ4n) is 2.47. The van der Waals surface area contributed by atoms with Crippen molar-refractivity contribution in [3.63, 3.8) is 0 Å². The monoisotopic (exact) mass is 349 g/mol. The Morgan fingerprint density at radius 1 is 1.55 bits per heavy atom. The minimum atomic E-state index is -0.0891. The predicted octanol–water partition coefficient (Wildman–Crippen LogP) is 2.88. The zero-order valence-electron chi connectivity index (χ0n) is 11.0. The number of aryl methyl sites for hydroxylation is 2. The molecule has 102 valence electrons. The number of allylic oxidation sites excluding steroid dienone is 1. The number of thiophene rings is 1. The van der Waals surface area contributed by atoms with Crippen molar-refractivity contribution in [2.45, 2.75) is 12.8 Å². The van der Waals surface area contributed by atoms with Crippen molar-refractivity contribution in [1.82, 2.24) is 9.78 Å². The summed E-state index contributed by atoms with van der Waals surface area (Å²) in [6.45, 7) is 1.95. The normalized spacial score (nSPS) is 17.6. The Kier molecular flexibility index (Phi) is 3.11. The van der Waals surface area contributed by atoms with E-state index in [9.17, 15) is 0 Å². The van der Waals surface area contributed by atoms with E-state index in [-0.39, 0.29) is 11.8 Å². The van der Waals surface area contributed by atoms with Crippen molar-refractivity contribution in [3.8, 4) is 18.2 Å². The highest BCUT2D eigenvalue weighted by Crippen LogP contribution is 2.45. The van der Waals surface area contributed by atoms with Crippen LogP contribution < -0.4 is 10.5 Å². The minimum Gasteiger partial charge on any atom is -0.422 e. The second-order valence-electron chi connectivity index (χ2n) is 4.53. The molecule has 3 heterocycles. The summed E-state index contributed by atoms with van der Waals surface area (Å²) in [4.78, 5) is 1.12. The van der Waals surface area contributed by atoms with E-state index in [1.54, 1.807) is 16.0 Å². The van der Waals surface area contributed by atoms with Gasteiger partial charge in [0.2, 0.25) is 11.8 Å². The van der Waals surface area contributed by atoms with Crippen LogP contribution in [0.25, 0.3) is 0 Å². The first kappa shape index (κ1) is 13.3. The van der Waals surface area contributed by atoms with Crippen molar-refractivity contribution in [3.05, 3.63) is 43.5 Å². The highest BCUT2D eigenvalue weighted by atomic mass is 79.9. The molecule has 0 spiro atoms. The van der Waals surface area contributed by atoms with Gasteiger partial charge in [-0.15, -0.1) is 17.8 Å². The summed E-state index contributed by atoms with van der Waals surface area (Å²) >= 11 is 5.12. The van der Waals surface area contributed by atoms with Crippen LogP contribution in [-0.4, -0.2) is 9.78 Å². The van der Waals surface area contributed by atoms with E-state index < -0.39 is 0 Å². The van der Waals surface area contributed by atoms with E-state index in [1.165, 1.54) is 0 Å². The lowest BCUT2D eigenvalue weighted by Gasteiger charge is -2.24. The topological polar surface area (TPSA) is 53.1 Å². The fraction of sp³-hybridized carbons (Fsp3) is 0.214. The number of ether oxygens (including phenoxy) is 1. The molecule has 0 aliphatic carbocycles. The summed E-state index contributed by atoms with van der Waals surface area (Å²) in [5.74, 6) is 3.52. The van der Waals surface area contributed by atoms with Crippen LogP contribution in [0.2, 0.25) is 0 Å². The molecule has 1 aliphatic rings. The van der Waals surface area contributed by atoms with Crippen LogP contribution in [-0.2, 0) is 7.05 Å². The molecular formula is C14H12BrN3OS. The molecule has 1 atom stereocenters. The maximum atomic E-state index is 5.98. The van der Waals surface area contributed by atoms with Gasteiger partial charge in [0.1, 0.15) is 0 Å². The van der Waals surface area contributed by atoms with E-state index >= 15 is 0 Å². The molecule has 6 heteroatoms. The standard InChI is InChI=1S/C14H12BrN3OS/c1-4-8-12(9-5-6-10(15)20-9)11-7(2)17-18(3)14(11)19-13(8)16/h1,5-6,12H,16H2,2-3H3. The number of aromatic nitrogens is 2. The first-order valence-electron chi connectivity index (χ1n) is 5.95. The molecule has 2 aromatic rings. The van der Waals surface area contributed by atoms with Crippen LogP contribution in [0.4, 0.5) is 0 Å². The predicted molar refractivity (Wildman–Crippen MR) is 82.5 cm³/mol. The molecule has 2 N–H and O–H groups in total. The first-order chi connectivity index (χ1) is 9.52. The maximum Gasteiger partial charge on any atom is 0.224 e. The molecule has 0 amide bonds. The quantitative estimate of drug-likeness (QED) is 0.805. The molecule has 1 aliphatic heterocycles. The SMILES string of the molecule is C#CC1=C(N)Oc2c(c(C)nn2C)C1c1ccc(Br)s1. The third-order valence-electron chi connectivity index (χ3n) is 3.30. The second kappa shape index (κ2) is 4.69. The van der Waals surface area contributed by atoms with E-state index in [0.29, 0.717) is 11.5 Å². The summed E-state index contributed by atoms with van der Waals surface area (Å²) < 4.78 is 8.40. The average molecular weight is 350 g/mol. The van der Waals surface area contributed by atoms with E-state index in [0.717, 1.165) is 19.9 Å². The Morgan fingerprint density at radius 2 is 2.30 bits per heavy atom. The first-order valence-corrected chi connectivity index (χ1v) is 7.56. The maximum absolute atomic E-state index is 5.98. The third-order valence-corrected chi connectivity index (χ3v) is 4.99. The summed E-state index contributed by atoms with van der Waals surface area (Å²) in [5, 5.41) is 4.41. The molecule has 4 nitrogen and oxygen atoms in total. The highest BCUT2D eigenvalue weighted by Gasteiger charge is 2.34. The Hall–Kier alpha value is -1.71. The Labute approximate surface area is 129 Å². The van der Waals surface area contributed by atoms with Crippen LogP contribution in [0.3, 0.4) is 0 Å². The van der Waals surface area contributed by atoms with Crippen molar-refractivity contribution in [2.24, 2.45) is 12.8 Å². The molecule has 0 aromatic carbocycles. The molecule has 0 bridgehead atoms. The summed E-state index contributed by atoms with van der Waals surface area (Å²) in [6.07, 6.45) is 5.64. The number of halogens is 1. The van der Waals surface area contributed by atoms with Gasteiger partial charge in [-0.2, -0.15) is 5.10 Å². The molecule has 20 heavy (non-hydrogen) atoms. The van der Waals surface area contributed by atoms with Gasteiger partial charge in [-0.05, 0) is 35.0 Å². The number of hydrogen-bond donors (Lipinski definition) is 1. The third kappa shape index (κ3) is 1.86. The van der Waals surface area contributed by atoms with Gasteiger partial charge in [0, 0.05) is 11.9 Å². The lowest BCUT2D eigenvalue weighted by Crippen LogP contribution is -2.21. The van der Waals surface area contributed by atoms with Gasteiger partial charge in [0.15, 0.2) is 0 Å². The van der Waals surface area contributed by atoms with Gasteiger partial charge in [0.05, 0.1) is 26.5 Å². The molecule has 1 unspecified atom stereocenters. The molecule has 2 aromatic heterocycles. The van der Waals surface area contributed by atoms with Crippen LogP contribution in [0.5, 0.6) is 5.88 Å². The van der Waals surface area contributed by atoms with Gasteiger partial charge in [-0.25, -0.2) is 4.68 Å². The zero-order valence-corrected chi connectivity index (χ0v) is 13.4. The van der Waals surface area contributed by atoms with Crippen molar-refractivity contribution in [2.75, 3.05) is 0 Å².